The molecule has 7 nitrogen and oxygen atoms in total. The number of rotatable bonds is 7. The van der Waals surface area contributed by atoms with Gasteiger partial charge in [0.25, 0.3) is 0 Å². The van der Waals surface area contributed by atoms with E-state index in [1.54, 1.807) is 13.2 Å². The standard InChI is InChI=1S/C21H23F2N5O2S/c1-14(19(29)24-18-12-15(22)7-8-17(18)23)31-21-26-25-20(27-9-3-2-4-10-27)28(21)13-16-6-5-11-30-16/h5-8,11-12,14H,2-4,9-10,13H2,1H3,(H,24,29). The molecule has 164 valence electrons. The van der Waals surface area contributed by atoms with Crippen LogP contribution in [0, 0.1) is 11.6 Å². The summed E-state index contributed by atoms with van der Waals surface area (Å²) in [5.74, 6) is -0.288. The molecule has 3 aromatic rings. The van der Waals surface area contributed by atoms with Crippen molar-refractivity contribution in [3.63, 3.8) is 0 Å². The Hall–Kier alpha value is -2.88. The Morgan fingerprint density at radius 2 is 2.03 bits per heavy atom. The molecule has 4 rings (SSSR count). The number of carbonyl (C=O) groups excluding carboxylic acids is 1. The van der Waals surface area contributed by atoms with Crippen LogP contribution >= 0.6 is 11.8 Å². The zero-order valence-electron chi connectivity index (χ0n) is 17.1. The summed E-state index contributed by atoms with van der Waals surface area (Å²) >= 11 is 1.21. The fourth-order valence-corrected chi connectivity index (χ4v) is 4.28. The summed E-state index contributed by atoms with van der Waals surface area (Å²) in [4.78, 5) is 14.8. The van der Waals surface area contributed by atoms with Crippen LogP contribution in [-0.4, -0.2) is 39.0 Å². The van der Waals surface area contributed by atoms with Crippen LogP contribution in [0.4, 0.5) is 20.4 Å². The molecule has 2 aromatic heterocycles. The largest absolute Gasteiger partial charge is 0.467 e. The fraction of sp³-hybridized carbons (Fsp3) is 0.381. The van der Waals surface area contributed by atoms with Gasteiger partial charge in [-0.2, -0.15) is 0 Å². The third kappa shape index (κ3) is 5.07. The molecule has 1 fully saturated rings. The van der Waals surface area contributed by atoms with Crippen molar-refractivity contribution in [2.75, 3.05) is 23.3 Å². The van der Waals surface area contributed by atoms with Crippen LogP contribution in [0.15, 0.2) is 46.2 Å². The first-order valence-electron chi connectivity index (χ1n) is 10.1. The molecule has 1 aliphatic heterocycles. The second kappa shape index (κ2) is 9.51. The molecule has 0 spiro atoms. The number of hydrogen-bond acceptors (Lipinski definition) is 6. The van der Waals surface area contributed by atoms with Crippen LogP contribution in [0.3, 0.4) is 0 Å². The molecule has 0 radical (unpaired) electrons. The molecule has 1 saturated heterocycles. The SMILES string of the molecule is CC(Sc1nnc(N2CCCCC2)n1Cc1ccco1)C(=O)Nc1cc(F)ccc1F. The highest BCUT2D eigenvalue weighted by Gasteiger charge is 2.25. The average molecular weight is 448 g/mol. The van der Waals surface area contributed by atoms with Gasteiger partial charge in [-0.3, -0.25) is 9.36 Å². The maximum Gasteiger partial charge on any atom is 0.237 e. The van der Waals surface area contributed by atoms with E-state index in [4.69, 9.17) is 4.42 Å². The van der Waals surface area contributed by atoms with Gasteiger partial charge in [0, 0.05) is 19.2 Å². The number of thioether (sulfide) groups is 1. The highest BCUT2D eigenvalue weighted by molar-refractivity contribution is 8.00. The van der Waals surface area contributed by atoms with E-state index in [1.807, 2.05) is 16.7 Å². The van der Waals surface area contributed by atoms with Crippen molar-refractivity contribution in [3.05, 3.63) is 54.0 Å². The number of carbonyl (C=O) groups is 1. The van der Waals surface area contributed by atoms with E-state index < -0.39 is 22.8 Å². The van der Waals surface area contributed by atoms with Crippen LogP contribution in [0.1, 0.15) is 31.9 Å². The number of anilines is 2. The van der Waals surface area contributed by atoms with Crippen molar-refractivity contribution in [1.29, 1.82) is 0 Å². The van der Waals surface area contributed by atoms with Gasteiger partial charge >= 0.3 is 0 Å². The lowest BCUT2D eigenvalue weighted by Gasteiger charge is -2.27. The smallest absolute Gasteiger partial charge is 0.237 e. The van der Waals surface area contributed by atoms with Crippen molar-refractivity contribution >= 4 is 29.3 Å². The van der Waals surface area contributed by atoms with Crippen molar-refractivity contribution < 1.29 is 18.0 Å². The normalized spacial score (nSPS) is 15.1. The zero-order chi connectivity index (χ0) is 21.8. The number of amides is 1. The molecule has 1 amide bonds. The van der Waals surface area contributed by atoms with Crippen molar-refractivity contribution in [2.45, 2.75) is 43.1 Å². The van der Waals surface area contributed by atoms with Gasteiger partial charge in [0.1, 0.15) is 17.4 Å². The second-order valence-corrected chi connectivity index (χ2v) is 8.68. The predicted octanol–water partition coefficient (Wildman–Crippen LogP) is 4.31. The van der Waals surface area contributed by atoms with Crippen LogP contribution in [0.2, 0.25) is 0 Å². The Morgan fingerprint density at radius 3 is 2.77 bits per heavy atom. The Labute approximate surface area is 182 Å². The molecule has 1 atom stereocenters. The molecule has 0 saturated carbocycles. The third-order valence-corrected chi connectivity index (χ3v) is 6.15. The summed E-state index contributed by atoms with van der Waals surface area (Å²) in [6.07, 6.45) is 4.98. The summed E-state index contributed by atoms with van der Waals surface area (Å²) in [7, 11) is 0. The summed E-state index contributed by atoms with van der Waals surface area (Å²) in [6.45, 7) is 3.91. The topological polar surface area (TPSA) is 76.2 Å². The predicted molar refractivity (Wildman–Crippen MR) is 114 cm³/mol. The number of benzene rings is 1. The highest BCUT2D eigenvalue weighted by atomic mass is 32.2. The molecule has 1 aliphatic rings. The van der Waals surface area contributed by atoms with Gasteiger partial charge in [0.05, 0.1) is 23.7 Å². The van der Waals surface area contributed by atoms with E-state index in [-0.39, 0.29) is 5.69 Å². The Balaban J connectivity index is 1.53. The Bertz CT molecular complexity index is 1030. The van der Waals surface area contributed by atoms with E-state index in [0.717, 1.165) is 55.8 Å². The monoisotopic (exact) mass is 447 g/mol. The minimum Gasteiger partial charge on any atom is -0.467 e. The number of hydrogen-bond donors (Lipinski definition) is 1. The van der Waals surface area contributed by atoms with Crippen molar-refractivity contribution in [3.8, 4) is 0 Å². The molecule has 31 heavy (non-hydrogen) atoms. The van der Waals surface area contributed by atoms with Gasteiger partial charge in [-0.1, -0.05) is 11.8 Å². The molecule has 3 heterocycles. The first-order valence-corrected chi connectivity index (χ1v) is 11.0. The van der Waals surface area contributed by atoms with E-state index in [2.05, 4.69) is 20.4 Å². The maximum absolute atomic E-state index is 13.9. The van der Waals surface area contributed by atoms with Crippen LogP contribution in [0.25, 0.3) is 0 Å². The van der Waals surface area contributed by atoms with Crippen LogP contribution < -0.4 is 10.2 Å². The van der Waals surface area contributed by atoms with E-state index in [0.29, 0.717) is 11.7 Å². The molecular formula is C21H23F2N5O2S. The van der Waals surface area contributed by atoms with E-state index in [1.165, 1.54) is 18.2 Å². The number of furan rings is 1. The van der Waals surface area contributed by atoms with Gasteiger partial charge in [-0.25, -0.2) is 8.78 Å². The van der Waals surface area contributed by atoms with Gasteiger partial charge in [0.2, 0.25) is 11.9 Å². The molecule has 1 N–H and O–H groups in total. The van der Waals surface area contributed by atoms with Gasteiger partial charge in [0.15, 0.2) is 5.16 Å². The van der Waals surface area contributed by atoms with Crippen LogP contribution in [-0.2, 0) is 11.3 Å². The lowest BCUT2D eigenvalue weighted by atomic mass is 10.1. The van der Waals surface area contributed by atoms with E-state index in [9.17, 15) is 13.6 Å². The molecule has 1 unspecified atom stereocenters. The Morgan fingerprint density at radius 1 is 1.23 bits per heavy atom. The molecular weight excluding hydrogens is 424 g/mol. The summed E-state index contributed by atoms with van der Waals surface area (Å²) < 4.78 is 34.7. The molecule has 10 heteroatoms. The van der Waals surface area contributed by atoms with E-state index >= 15 is 0 Å². The zero-order valence-corrected chi connectivity index (χ0v) is 17.9. The number of halogens is 2. The lowest BCUT2D eigenvalue weighted by molar-refractivity contribution is -0.115. The molecule has 1 aromatic carbocycles. The summed E-state index contributed by atoms with van der Waals surface area (Å²) in [5.41, 5.74) is -0.191. The highest BCUT2D eigenvalue weighted by Crippen LogP contribution is 2.29. The first kappa shape index (κ1) is 21.4. The quantitative estimate of drug-likeness (QED) is 0.544. The number of nitrogens with one attached hydrogen (secondary N) is 1. The summed E-state index contributed by atoms with van der Waals surface area (Å²) in [5, 5.41) is 11.1. The van der Waals surface area contributed by atoms with Crippen LogP contribution in [0.5, 0.6) is 0 Å². The molecule has 0 aliphatic carbocycles. The minimum atomic E-state index is -0.694. The number of piperidine rings is 1. The van der Waals surface area contributed by atoms with Gasteiger partial charge in [-0.05, 0) is 50.5 Å². The first-order chi connectivity index (χ1) is 15.0. The molecule has 0 bridgehead atoms. The number of aromatic nitrogens is 3. The maximum atomic E-state index is 13.9. The average Bonchev–Trinajstić information content (AvgIpc) is 3.42. The number of nitrogens with zero attached hydrogens (tertiary/aromatic N) is 4. The van der Waals surface area contributed by atoms with Gasteiger partial charge in [-0.15, -0.1) is 10.2 Å². The Kier molecular flexibility index (Phi) is 6.55. The fourth-order valence-electron chi connectivity index (χ4n) is 3.43. The van der Waals surface area contributed by atoms with Crippen molar-refractivity contribution in [2.24, 2.45) is 0 Å². The van der Waals surface area contributed by atoms with Crippen molar-refractivity contribution in [1.82, 2.24) is 14.8 Å². The summed E-state index contributed by atoms with van der Waals surface area (Å²) in [6, 6.07) is 6.63. The third-order valence-electron chi connectivity index (χ3n) is 5.07. The van der Waals surface area contributed by atoms with Gasteiger partial charge < -0.3 is 14.6 Å². The lowest BCUT2D eigenvalue weighted by Crippen LogP contribution is -2.32. The minimum absolute atomic E-state index is 0.191. The second-order valence-electron chi connectivity index (χ2n) is 7.37.